The Bertz CT molecular complexity index is 1340. The second-order valence-corrected chi connectivity index (χ2v) is 11.7. The van der Waals surface area contributed by atoms with Gasteiger partial charge in [0.15, 0.2) is 0 Å². The molecule has 2 fully saturated rings. The van der Waals surface area contributed by atoms with E-state index >= 15 is 0 Å². The number of imidazole rings is 1. The lowest BCUT2D eigenvalue weighted by atomic mass is 10.1. The summed E-state index contributed by atoms with van der Waals surface area (Å²) in [4.78, 5) is 21.7. The summed E-state index contributed by atoms with van der Waals surface area (Å²) in [6.45, 7) is 15.4. The molecular formula is C30H39FN4O4. The topological polar surface area (TPSA) is 69.1 Å². The van der Waals surface area contributed by atoms with Crippen molar-refractivity contribution in [2.24, 2.45) is 0 Å². The number of ether oxygens (including phenoxy) is 3. The number of piperazine rings is 1. The molecule has 1 unspecified atom stereocenters. The average Bonchev–Trinajstić information content (AvgIpc) is 3.50. The van der Waals surface area contributed by atoms with Crippen molar-refractivity contribution in [1.82, 2.24) is 14.5 Å². The SMILES string of the molecule is Cc1cc(OC2CCOC2)c2nc(N3CCN(C(=O)OC(C)(C)C)CC3)n(Cc3cc(C)c(F)c(C)c3)c2c1. The highest BCUT2D eigenvalue weighted by Gasteiger charge is 2.29. The summed E-state index contributed by atoms with van der Waals surface area (Å²) in [5.41, 5.74) is 4.57. The number of hydrogen-bond donors (Lipinski definition) is 0. The molecule has 0 radical (unpaired) electrons. The van der Waals surface area contributed by atoms with Crippen LogP contribution >= 0.6 is 0 Å². The lowest BCUT2D eigenvalue weighted by molar-refractivity contribution is 0.0240. The Balaban J connectivity index is 1.51. The van der Waals surface area contributed by atoms with Crippen molar-refractivity contribution in [3.05, 3.63) is 52.3 Å². The van der Waals surface area contributed by atoms with Gasteiger partial charge in [-0.2, -0.15) is 0 Å². The molecule has 2 aromatic carbocycles. The van der Waals surface area contributed by atoms with Gasteiger partial charge in [-0.15, -0.1) is 0 Å². The fourth-order valence-corrected chi connectivity index (χ4v) is 5.31. The molecule has 9 heteroatoms. The zero-order valence-electron chi connectivity index (χ0n) is 23.8. The van der Waals surface area contributed by atoms with Crippen LogP contribution in [0, 0.1) is 26.6 Å². The Morgan fingerprint density at radius 1 is 1.08 bits per heavy atom. The molecule has 2 aliphatic heterocycles. The number of carbonyl (C=O) groups excluding carboxylic acids is 1. The van der Waals surface area contributed by atoms with E-state index in [2.05, 4.69) is 22.5 Å². The number of benzene rings is 2. The smallest absolute Gasteiger partial charge is 0.410 e. The summed E-state index contributed by atoms with van der Waals surface area (Å²) in [6.07, 6.45) is 0.561. The number of anilines is 1. The van der Waals surface area contributed by atoms with Gasteiger partial charge in [-0.3, -0.25) is 0 Å². The molecule has 1 amide bonds. The Morgan fingerprint density at radius 2 is 1.77 bits per heavy atom. The normalized spacial score (nSPS) is 18.2. The second kappa shape index (κ2) is 10.7. The van der Waals surface area contributed by atoms with Crippen molar-refractivity contribution in [2.45, 2.75) is 66.2 Å². The number of rotatable bonds is 5. The highest BCUT2D eigenvalue weighted by atomic mass is 19.1. The predicted octanol–water partition coefficient (Wildman–Crippen LogP) is 5.37. The molecule has 0 saturated carbocycles. The van der Waals surface area contributed by atoms with Crippen LogP contribution in [0.25, 0.3) is 11.0 Å². The van der Waals surface area contributed by atoms with Gasteiger partial charge in [0.05, 0.1) is 25.3 Å². The average molecular weight is 539 g/mol. The molecule has 2 aliphatic rings. The zero-order chi connectivity index (χ0) is 27.9. The lowest BCUT2D eigenvalue weighted by Crippen LogP contribution is -2.50. The fourth-order valence-electron chi connectivity index (χ4n) is 5.31. The van der Waals surface area contributed by atoms with E-state index in [-0.39, 0.29) is 18.0 Å². The molecule has 0 spiro atoms. The van der Waals surface area contributed by atoms with Crippen molar-refractivity contribution in [2.75, 3.05) is 44.3 Å². The molecule has 0 bridgehead atoms. The number of amides is 1. The van der Waals surface area contributed by atoms with Crippen LogP contribution in [-0.4, -0.2) is 71.6 Å². The summed E-state index contributed by atoms with van der Waals surface area (Å²) < 4.78 is 34.1. The minimum atomic E-state index is -0.535. The first-order chi connectivity index (χ1) is 18.5. The van der Waals surface area contributed by atoms with E-state index in [1.165, 1.54) is 0 Å². The van der Waals surface area contributed by atoms with Crippen LogP contribution in [0.5, 0.6) is 5.75 Å². The van der Waals surface area contributed by atoms with Gasteiger partial charge in [0.2, 0.25) is 5.95 Å². The highest BCUT2D eigenvalue weighted by molar-refractivity contribution is 5.86. The van der Waals surface area contributed by atoms with E-state index in [1.807, 2.05) is 39.0 Å². The maximum atomic E-state index is 14.4. The quantitative estimate of drug-likeness (QED) is 0.435. The number of aryl methyl sites for hydroxylation is 3. The predicted molar refractivity (Wildman–Crippen MR) is 149 cm³/mol. The first-order valence-corrected chi connectivity index (χ1v) is 13.7. The van der Waals surface area contributed by atoms with Crippen LogP contribution in [0.3, 0.4) is 0 Å². The van der Waals surface area contributed by atoms with Gasteiger partial charge in [0, 0.05) is 32.6 Å². The summed E-state index contributed by atoms with van der Waals surface area (Å²) >= 11 is 0. The van der Waals surface area contributed by atoms with Crippen LogP contribution in [0.2, 0.25) is 0 Å². The molecule has 5 rings (SSSR count). The van der Waals surface area contributed by atoms with Crippen molar-refractivity contribution < 1.29 is 23.4 Å². The molecule has 0 N–H and O–H groups in total. The Kier molecular flexibility index (Phi) is 7.46. The third-order valence-corrected chi connectivity index (χ3v) is 7.18. The van der Waals surface area contributed by atoms with Crippen LogP contribution in [0.4, 0.5) is 15.1 Å². The first-order valence-electron chi connectivity index (χ1n) is 13.7. The fraction of sp³-hybridized carbons (Fsp3) is 0.533. The maximum absolute atomic E-state index is 14.4. The van der Waals surface area contributed by atoms with E-state index in [1.54, 1.807) is 18.7 Å². The van der Waals surface area contributed by atoms with Gasteiger partial charge in [0.25, 0.3) is 0 Å². The monoisotopic (exact) mass is 538 g/mol. The van der Waals surface area contributed by atoms with E-state index in [9.17, 15) is 9.18 Å². The molecule has 1 aromatic heterocycles. The summed E-state index contributed by atoms with van der Waals surface area (Å²) in [7, 11) is 0. The molecule has 1 atom stereocenters. The van der Waals surface area contributed by atoms with Crippen LogP contribution in [0.15, 0.2) is 24.3 Å². The molecule has 3 aromatic rings. The van der Waals surface area contributed by atoms with Crippen molar-refractivity contribution in [3.63, 3.8) is 0 Å². The number of nitrogens with zero attached hydrogens (tertiary/aromatic N) is 4. The summed E-state index contributed by atoms with van der Waals surface area (Å²) in [6, 6.07) is 7.97. The lowest BCUT2D eigenvalue weighted by Gasteiger charge is -2.36. The standard InChI is InChI=1S/C30H39FN4O4/c1-19-13-24-27(25(14-19)38-23-7-12-37-18-23)32-28(35(24)17-22-15-20(2)26(31)21(3)16-22)33-8-10-34(11-9-33)29(36)39-30(4,5)6/h13-16,23H,7-12,17-18H2,1-6H3. The van der Waals surface area contributed by atoms with Gasteiger partial charge in [-0.05, 0) is 75.9 Å². The largest absolute Gasteiger partial charge is 0.486 e. The molecule has 8 nitrogen and oxygen atoms in total. The summed E-state index contributed by atoms with van der Waals surface area (Å²) in [5.74, 6) is 1.39. The van der Waals surface area contributed by atoms with E-state index in [0.717, 1.165) is 40.3 Å². The molecule has 2 saturated heterocycles. The first kappa shape index (κ1) is 27.2. The van der Waals surface area contributed by atoms with Crippen LogP contribution < -0.4 is 9.64 Å². The number of halogens is 1. The van der Waals surface area contributed by atoms with Crippen molar-refractivity contribution in [3.8, 4) is 5.75 Å². The van der Waals surface area contributed by atoms with Gasteiger partial charge in [0.1, 0.15) is 28.8 Å². The number of fused-ring (bicyclic) bond motifs is 1. The maximum Gasteiger partial charge on any atom is 0.410 e. The third kappa shape index (κ3) is 5.98. The second-order valence-electron chi connectivity index (χ2n) is 11.7. The van der Waals surface area contributed by atoms with Gasteiger partial charge in [-0.1, -0.05) is 12.1 Å². The van der Waals surface area contributed by atoms with Crippen LogP contribution in [0.1, 0.15) is 49.4 Å². The molecule has 0 aliphatic carbocycles. The van der Waals surface area contributed by atoms with Crippen molar-refractivity contribution >= 4 is 23.1 Å². The molecule has 39 heavy (non-hydrogen) atoms. The Hall–Kier alpha value is -3.33. The highest BCUT2D eigenvalue weighted by Crippen LogP contribution is 2.34. The zero-order valence-corrected chi connectivity index (χ0v) is 23.8. The van der Waals surface area contributed by atoms with E-state index < -0.39 is 5.60 Å². The molecule has 210 valence electrons. The third-order valence-electron chi connectivity index (χ3n) is 7.18. The molecular weight excluding hydrogens is 499 g/mol. The Morgan fingerprint density at radius 3 is 2.38 bits per heavy atom. The van der Waals surface area contributed by atoms with Crippen LogP contribution in [-0.2, 0) is 16.0 Å². The number of aromatic nitrogens is 2. The summed E-state index contributed by atoms with van der Waals surface area (Å²) in [5, 5.41) is 0. The number of hydrogen-bond acceptors (Lipinski definition) is 6. The molecule has 3 heterocycles. The van der Waals surface area contributed by atoms with Gasteiger partial charge < -0.3 is 28.6 Å². The van der Waals surface area contributed by atoms with E-state index in [4.69, 9.17) is 19.2 Å². The Labute approximate surface area is 229 Å². The number of carbonyl (C=O) groups is 1. The minimum absolute atomic E-state index is 0.00312. The van der Waals surface area contributed by atoms with Gasteiger partial charge in [-0.25, -0.2) is 14.2 Å². The van der Waals surface area contributed by atoms with E-state index in [0.29, 0.717) is 57.1 Å². The van der Waals surface area contributed by atoms with Gasteiger partial charge >= 0.3 is 6.09 Å². The minimum Gasteiger partial charge on any atom is -0.486 e. The van der Waals surface area contributed by atoms with Crippen molar-refractivity contribution in [1.29, 1.82) is 0 Å².